The maximum atomic E-state index is 11.5. The average molecular weight is 218 g/mol. The van der Waals surface area contributed by atoms with E-state index >= 15 is 0 Å². The maximum Gasteiger partial charge on any atom is 0.315 e. The van der Waals surface area contributed by atoms with Gasteiger partial charge in [0.1, 0.15) is 0 Å². The van der Waals surface area contributed by atoms with Crippen LogP contribution in [-0.4, -0.2) is 12.1 Å². The zero-order chi connectivity index (χ0) is 11.4. The normalized spacial score (nSPS) is 15.3. The predicted octanol–water partition coefficient (Wildman–Crippen LogP) is 2.35. The van der Waals surface area contributed by atoms with Crippen LogP contribution in [-0.2, 0) is 6.54 Å². The Bertz CT molecular complexity index is 355. The molecule has 2 N–H and O–H groups in total. The van der Waals surface area contributed by atoms with Crippen LogP contribution < -0.4 is 10.6 Å². The third-order valence-electron chi connectivity index (χ3n) is 3.01. The second kappa shape index (κ2) is 5.01. The fraction of sp³-hybridized carbons (Fsp3) is 0.462. The summed E-state index contributed by atoms with van der Waals surface area (Å²) in [6.45, 7) is 2.65. The summed E-state index contributed by atoms with van der Waals surface area (Å²) in [6.07, 6.45) is 3.48. The molecule has 3 nitrogen and oxygen atoms in total. The van der Waals surface area contributed by atoms with Gasteiger partial charge in [0.2, 0.25) is 0 Å². The topological polar surface area (TPSA) is 41.1 Å². The lowest BCUT2D eigenvalue weighted by Crippen LogP contribution is -2.44. The van der Waals surface area contributed by atoms with Crippen LogP contribution in [0.25, 0.3) is 0 Å². The molecule has 0 spiro atoms. The number of benzene rings is 1. The van der Waals surface area contributed by atoms with Crippen molar-refractivity contribution in [3.05, 3.63) is 35.4 Å². The molecule has 0 bridgehead atoms. The predicted molar refractivity (Wildman–Crippen MR) is 64.2 cm³/mol. The molecule has 1 aliphatic rings. The molecule has 1 aliphatic carbocycles. The lowest BCUT2D eigenvalue weighted by atomic mass is 9.93. The van der Waals surface area contributed by atoms with Crippen molar-refractivity contribution in [1.29, 1.82) is 0 Å². The Balaban J connectivity index is 1.73. The summed E-state index contributed by atoms with van der Waals surface area (Å²) in [5, 5.41) is 5.82. The van der Waals surface area contributed by atoms with Gasteiger partial charge in [0.15, 0.2) is 0 Å². The third kappa shape index (κ3) is 2.99. The summed E-state index contributed by atoms with van der Waals surface area (Å²) in [5.41, 5.74) is 2.37. The van der Waals surface area contributed by atoms with Crippen LogP contribution in [0.4, 0.5) is 4.79 Å². The molecule has 0 radical (unpaired) electrons. The van der Waals surface area contributed by atoms with Crippen LogP contribution in [0.2, 0.25) is 0 Å². The molecule has 1 aromatic carbocycles. The van der Waals surface area contributed by atoms with Gasteiger partial charge in [0.05, 0.1) is 0 Å². The third-order valence-corrected chi connectivity index (χ3v) is 3.01. The van der Waals surface area contributed by atoms with Crippen molar-refractivity contribution in [2.24, 2.45) is 0 Å². The monoisotopic (exact) mass is 218 g/mol. The second-order valence-electron chi connectivity index (χ2n) is 4.44. The van der Waals surface area contributed by atoms with E-state index in [2.05, 4.69) is 29.7 Å². The van der Waals surface area contributed by atoms with E-state index < -0.39 is 0 Å². The largest absolute Gasteiger partial charge is 0.335 e. The molecule has 16 heavy (non-hydrogen) atoms. The molecular formula is C13H18N2O. The summed E-state index contributed by atoms with van der Waals surface area (Å²) < 4.78 is 0. The standard InChI is InChI=1S/C13H18N2O/c1-10-5-7-11(8-6-10)9-14-13(16)15-12-3-2-4-12/h5-8,12H,2-4,9H2,1H3,(H2,14,15,16). The Morgan fingerprint density at radius 2 is 2.00 bits per heavy atom. The molecular weight excluding hydrogens is 200 g/mol. The number of carbonyl (C=O) groups excluding carboxylic acids is 1. The zero-order valence-electron chi connectivity index (χ0n) is 9.62. The molecule has 0 heterocycles. The Labute approximate surface area is 96.2 Å². The lowest BCUT2D eigenvalue weighted by Gasteiger charge is -2.26. The van der Waals surface area contributed by atoms with E-state index in [1.165, 1.54) is 12.0 Å². The Morgan fingerprint density at radius 1 is 1.31 bits per heavy atom. The van der Waals surface area contributed by atoms with Gasteiger partial charge in [-0.3, -0.25) is 0 Å². The molecule has 3 heteroatoms. The van der Waals surface area contributed by atoms with Crippen LogP contribution in [0.15, 0.2) is 24.3 Å². The van der Waals surface area contributed by atoms with Crippen molar-refractivity contribution in [3.8, 4) is 0 Å². The fourth-order valence-electron chi connectivity index (χ4n) is 1.68. The molecule has 1 fully saturated rings. The van der Waals surface area contributed by atoms with Gasteiger partial charge < -0.3 is 10.6 Å². The lowest BCUT2D eigenvalue weighted by molar-refractivity contribution is 0.228. The van der Waals surface area contributed by atoms with E-state index in [1.807, 2.05) is 12.1 Å². The number of aryl methyl sites for hydroxylation is 1. The summed E-state index contributed by atoms with van der Waals surface area (Å²) in [7, 11) is 0. The van der Waals surface area contributed by atoms with Gasteiger partial charge in [0.25, 0.3) is 0 Å². The van der Waals surface area contributed by atoms with Gasteiger partial charge in [0, 0.05) is 12.6 Å². The van der Waals surface area contributed by atoms with Crippen LogP contribution >= 0.6 is 0 Å². The first-order chi connectivity index (χ1) is 7.74. The summed E-state index contributed by atoms with van der Waals surface area (Å²) in [6, 6.07) is 8.54. The smallest absolute Gasteiger partial charge is 0.315 e. The number of urea groups is 1. The van der Waals surface area contributed by atoms with Crippen LogP contribution in [0.1, 0.15) is 30.4 Å². The second-order valence-corrected chi connectivity index (χ2v) is 4.44. The molecule has 0 aromatic heterocycles. The molecule has 2 amide bonds. The minimum atomic E-state index is -0.0507. The number of hydrogen-bond acceptors (Lipinski definition) is 1. The highest BCUT2D eigenvalue weighted by atomic mass is 16.2. The van der Waals surface area contributed by atoms with E-state index in [0.29, 0.717) is 12.6 Å². The number of carbonyl (C=O) groups is 1. The molecule has 0 unspecified atom stereocenters. The first-order valence-corrected chi connectivity index (χ1v) is 5.84. The Hall–Kier alpha value is -1.51. The Kier molecular flexibility index (Phi) is 3.44. The van der Waals surface area contributed by atoms with Crippen molar-refractivity contribution in [3.63, 3.8) is 0 Å². The number of nitrogens with one attached hydrogen (secondary N) is 2. The van der Waals surface area contributed by atoms with Crippen LogP contribution in [0.5, 0.6) is 0 Å². The molecule has 1 aromatic rings. The van der Waals surface area contributed by atoms with Crippen molar-refractivity contribution < 1.29 is 4.79 Å². The van der Waals surface area contributed by atoms with Crippen LogP contribution in [0.3, 0.4) is 0 Å². The minimum absolute atomic E-state index is 0.0507. The quantitative estimate of drug-likeness (QED) is 0.803. The van der Waals surface area contributed by atoms with Crippen molar-refractivity contribution in [2.75, 3.05) is 0 Å². The first-order valence-electron chi connectivity index (χ1n) is 5.84. The molecule has 86 valence electrons. The molecule has 0 aliphatic heterocycles. The summed E-state index contributed by atoms with van der Waals surface area (Å²) >= 11 is 0. The zero-order valence-corrected chi connectivity index (χ0v) is 9.62. The van der Waals surface area contributed by atoms with Crippen molar-refractivity contribution in [2.45, 2.75) is 38.8 Å². The fourth-order valence-corrected chi connectivity index (χ4v) is 1.68. The summed E-state index contributed by atoms with van der Waals surface area (Å²) in [5.74, 6) is 0. The molecule has 0 atom stereocenters. The van der Waals surface area contributed by atoms with Gasteiger partial charge in [-0.1, -0.05) is 29.8 Å². The molecule has 0 saturated heterocycles. The molecule has 1 saturated carbocycles. The first kappa shape index (κ1) is 11.0. The number of hydrogen-bond donors (Lipinski definition) is 2. The van der Waals surface area contributed by atoms with E-state index in [-0.39, 0.29) is 6.03 Å². The van der Waals surface area contributed by atoms with Gasteiger partial charge >= 0.3 is 6.03 Å². The highest BCUT2D eigenvalue weighted by Crippen LogP contribution is 2.17. The van der Waals surface area contributed by atoms with Crippen molar-refractivity contribution in [1.82, 2.24) is 10.6 Å². The van der Waals surface area contributed by atoms with E-state index in [9.17, 15) is 4.79 Å². The van der Waals surface area contributed by atoms with Gasteiger partial charge in [-0.05, 0) is 31.7 Å². The number of amides is 2. The van der Waals surface area contributed by atoms with Crippen LogP contribution in [0, 0.1) is 6.92 Å². The highest BCUT2D eigenvalue weighted by Gasteiger charge is 2.18. The highest BCUT2D eigenvalue weighted by molar-refractivity contribution is 5.74. The van der Waals surface area contributed by atoms with E-state index in [1.54, 1.807) is 0 Å². The van der Waals surface area contributed by atoms with Gasteiger partial charge in [-0.2, -0.15) is 0 Å². The summed E-state index contributed by atoms with van der Waals surface area (Å²) in [4.78, 5) is 11.5. The van der Waals surface area contributed by atoms with E-state index in [0.717, 1.165) is 18.4 Å². The maximum absolute atomic E-state index is 11.5. The van der Waals surface area contributed by atoms with Crippen molar-refractivity contribution >= 4 is 6.03 Å². The average Bonchev–Trinajstić information content (AvgIpc) is 2.23. The van der Waals surface area contributed by atoms with Gasteiger partial charge in [-0.25, -0.2) is 4.79 Å². The Morgan fingerprint density at radius 3 is 2.56 bits per heavy atom. The van der Waals surface area contributed by atoms with Gasteiger partial charge in [-0.15, -0.1) is 0 Å². The minimum Gasteiger partial charge on any atom is -0.335 e. The molecule has 2 rings (SSSR count). The SMILES string of the molecule is Cc1ccc(CNC(=O)NC2CCC2)cc1. The number of rotatable bonds is 3. The van der Waals surface area contributed by atoms with E-state index in [4.69, 9.17) is 0 Å².